The smallest absolute Gasteiger partial charge is 0.125 e. The Hall–Kier alpha value is -2.76. The molecule has 134 valence electrons. The van der Waals surface area contributed by atoms with Crippen LogP contribution in [0.3, 0.4) is 0 Å². The van der Waals surface area contributed by atoms with Gasteiger partial charge in [-0.25, -0.2) is 0 Å². The number of aliphatic hydroxyl groups is 1. The number of phenols is 1. The Kier molecular flexibility index (Phi) is 5.94. The first-order chi connectivity index (χ1) is 12.7. The van der Waals surface area contributed by atoms with Crippen molar-refractivity contribution in [3.63, 3.8) is 0 Å². The Morgan fingerprint density at radius 3 is 1.92 bits per heavy atom. The van der Waals surface area contributed by atoms with E-state index >= 15 is 0 Å². The molecule has 5 heteroatoms. The summed E-state index contributed by atoms with van der Waals surface area (Å²) in [7, 11) is 0. The third kappa shape index (κ3) is 4.65. The molecular formula is C21H23N3O2. The number of aromatic hydroxyl groups is 1. The minimum Gasteiger partial charge on any atom is -0.507 e. The zero-order chi connectivity index (χ0) is 18.4. The molecule has 0 amide bonds. The molecule has 2 heterocycles. The quantitative estimate of drug-likeness (QED) is 0.686. The van der Waals surface area contributed by atoms with Gasteiger partial charge < -0.3 is 10.2 Å². The van der Waals surface area contributed by atoms with Crippen molar-refractivity contribution >= 4 is 0 Å². The topological polar surface area (TPSA) is 69.5 Å². The van der Waals surface area contributed by atoms with Crippen molar-refractivity contribution in [3.05, 3.63) is 89.0 Å². The van der Waals surface area contributed by atoms with Crippen LogP contribution in [0, 0.1) is 6.92 Å². The zero-order valence-corrected chi connectivity index (χ0v) is 14.8. The van der Waals surface area contributed by atoms with Crippen LogP contribution in [0.25, 0.3) is 0 Å². The lowest BCUT2D eigenvalue weighted by atomic mass is 10.0. The van der Waals surface area contributed by atoms with E-state index in [1.165, 1.54) is 0 Å². The first kappa shape index (κ1) is 18.0. The van der Waals surface area contributed by atoms with Crippen molar-refractivity contribution in [2.24, 2.45) is 0 Å². The Morgan fingerprint density at radius 2 is 1.42 bits per heavy atom. The summed E-state index contributed by atoms with van der Waals surface area (Å²) in [4.78, 5) is 11.0. The van der Waals surface area contributed by atoms with E-state index in [4.69, 9.17) is 0 Å². The third-order valence-electron chi connectivity index (χ3n) is 4.20. The van der Waals surface area contributed by atoms with Gasteiger partial charge in [-0.1, -0.05) is 29.8 Å². The molecular weight excluding hydrogens is 326 g/mol. The van der Waals surface area contributed by atoms with Crippen LogP contribution in [0.15, 0.2) is 60.9 Å². The van der Waals surface area contributed by atoms with Gasteiger partial charge in [0.25, 0.3) is 0 Å². The van der Waals surface area contributed by atoms with Gasteiger partial charge in [0.1, 0.15) is 5.75 Å². The van der Waals surface area contributed by atoms with Crippen LogP contribution in [-0.2, 0) is 26.2 Å². The predicted octanol–water partition coefficient (Wildman–Crippen LogP) is 3.19. The van der Waals surface area contributed by atoms with Crippen molar-refractivity contribution in [1.29, 1.82) is 0 Å². The third-order valence-corrected chi connectivity index (χ3v) is 4.20. The number of aryl methyl sites for hydroxylation is 1. The van der Waals surface area contributed by atoms with Crippen molar-refractivity contribution in [3.8, 4) is 5.75 Å². The van der Waals surface area contributed by atoms with E-state index in [9.17, 15) is 10.2 Å². The highest BCUT2D eigenvalue weighted by atomic mass is 16.3. The van der Waals surface area contributed by atoms with Crippen LogP contribution in [0.2, 0.25) is 0 Å². The SMILES string of the molecule is Cc1cc(CO)c(O)c(CN(Cc2ccccn2)Cc2ccccn2)c1. The molecule has 0 aliphatic rings. The average molecular weight is 349 g/mol. The number of rotatable bonds is 7. The van der Waals surface area contributed by atoms with E-state index in [1.54, 1.807) is 18.5 Å². The van der Waals surface area contributed by atoms with Gasteiger partial charge in [0.05, 0.1) is 18.0 Å². The lowest BCUT2D eigenvalue weighted by Crippen LogP contribution is -2.23. The van der Waals surface area contributed by atoms with Gasteiger partial charge >= 0.3 is 0 Å². The van der Waals surface area contributed by atoms with Gasteiger partial charge in [0.2, 0.25) is 0 Å². The van der Waals surface area contributed by atoms with E-state index in [2.05, 4.69) is 14.9 Å². The van der Waals surface area contributed by atoms with Gasteiger partial charge in [0, 0.05) is 43.2 Å². The van der Waals surface area contributed by atoms with Gasteiger partial charge in [0.15, 0.2) is 0 Å². The summed E-state index contributed by atoms with van der Waals surface area (Å²) in [6.07, 6.45) is 3.56. The van der Waals surface area contributed by atoms with E-state index in [0.29, 0.717) is 25.2 Å². The highest BCUT2D eigenvalue weighted by Gasteiger charge is 2.14. The second kappa shape index (κ2) is 8.56. The summed E-state index contributed by atoms with van der Waals surface area (Å²) < 4.78 is 0. The van der Waals surface area contributed by atoms with Gasteiger partial charge in [-0.15, -0.1) is 0 Å². The van der Waals surface area contributed by atoms with Crippen LogP contribution >= 0.6 is 0 Å². The minimum atomic E-state index is -0.180. The maximum atomic E-state index is 10.5. The van der Waals surface area contributed by atoms with E-state index in [-0.39, 0.29) is 12.4 Å². The van der Waals surface area contributed by atoms with Crippen molar-refractivity contribution in [2.75, 3.05) is 0 Å². The molecule has 0 aliphatic carbocycles. The molecule has 0 atom stereocenters. The maximum absolute atomic E-state index is 10.5. The van der Waals surface area contributed by atoms with Crippen molar-refractivity contribution in [1.82, 2.24) is 14.9 Å². The van der Waals surface area contributed by atoms with E-state index < -0.39 is 0 Å². The summed E-state index contributed by atoms with van der Waals surface area (Å²) in [5.74, 6) is 0.158. The Labute approximate surface area is 153 Å². The summed E-state index contributed by atoms with van der Waals surface area (Å²) in [5.41, 5.74) is 4.27. The molecule has 2 N–H and O–H groups in total. The molecule has 0 bridgehead atoms. The molecule has 0 aliphatic heterocycles. The molecule has 5 nitrogen and oxygen atoms in total. The number of pyridine rings is 2. The fraction of sp³-hybridized carbons (Fsp3) is 0.238. The number of hydrogen-bond donors (Lipinski definition) is 2. The molecule has 0 unspecified atom stereocenters. The molecule has 0 radical (unpaired) electrons. The highest BCUT2D eigenvalue weighted by Crippen LogP contribution is 2.27. The standard InChI is InChI=1S/C21H23N3O2/c1-16-10-17(21(26)18(11-16)15-25)12-24(13-19-6-2-4-8-22-19)14-20-7-3-5-9-23-20/h2-11,25-26H,12-15H2,1H3. The summed E-state index contributed by atoms with van der Waals surface area (Å²) in [5, 5.41) is 20.0. The second-order valence-electron chi connectivity index (χ2n) is 6.38. The van der Waals surface area contributed by atoms with Gasteiger partial charge in [-0.05, 0) is 31.2 Å². The highest BCUT2D eigenvalue weighted by molar-refractivity contribution is 5.43. The number of hydrogen-bond acceptors (Lipinski definition) is 5. The molecule has 0 saturated carbocycles. The Balaban J connectivity index is 1.87. The fourth-order valence-electron chi connectivity index (χ4n) is 3.03. The summed E-state index contributed by atoms with van der Waals surface area (Å²) in [6, 6.07) is 15.5. The van der Waals surface area contributed by atoms with Crippen LogP contribution in [-0.4, -0.2) is 25.1 Å². The number of aromatic nitrogens is 2. The average Bonchev–Trinajstić information content (AvgIpc) is 2.66. The predicted molar refractivity (Wildman–Crippen MR) is 100 cm³/mol. The zero-order valence-electron chi connectivity index (χ0n) is 14.8. The second-order valence-corrected chi connectivity index (χ2v) is 6.38. The molecule has 0 fully saturated rings. The molecule has 3 rings (SSSR count). The first-order valence-electron chi connectivity index (χ1n) is 8.60. The van der Waals surface area contributed by atoms with Crippen LogP contribution < -0.4 is 0 Å². The Bertz CT molecular complexity index is 797. The molecule has 1 aromatic carbocycles. The van der Waals surface area contributed by atoms with Crippen LogP contribution in [0.4, 0.5) is 0 Å². The molecule has 3 aromatic rings. The van der Waals surface area contributed by atoms with Crippen molar-refractivity contribution < 1.29 is 10.2 Å². The number of aliphatic hydroxyl groups excluding tert-OH is 1. The lowest BCUT2D eigenvalue weighted by molar-refractivity contribution is 0.236. The minimum absolute atomic E-state index is 0.158. The molecule has 2 aromatic heterocycles. The van der Waals surface area contributed by atoms with E-state index in [0.717, 1.165) is 22.5 Å². The van der Waals surface area contributed by atoms with E-state index in [1.807, 2.05) is 49.4 Å². The largest absolute Gasteiger partial charge is 0.507 e. The first-order valence-corrected chi connectivity index (χ1v) is 8.60. The Morgan fingerprint density at radius 1 is 0.846 bits per heavy atom. The van der Waals surface area contributed by atoms with Crippen molar-refractivity contribution in [2.45, 2.75) is 33.2 Å². The summed E-state index contributed by atoms with van der Waals surface area (Å²) in [6.45, 7) is 3.59. The lowest BCUT2D eigenvalue weighted by Gasteiger charge is -2.23. The monoisotopic (exact) mass is 349 g/mol. The number of benzene rings is 1. The van der Waals surface area contributed by atoms with Crippen LogP contribution in [0.1, 0.15) is 28.1 Å². The molecule has 0 saturated heterocycles. The summed E-state index contributed by atoms with van der Waals surface area (Å²) >= 11 is 0. The molecule has 0 spiro atoms. The normalized spacial score (nSPS) is 11.0. The maximum Gasteiger partial charge on any atom is 0.125 e. The van der Waals surface area contributed by atoms with Gasteiger partial charge in [-0.3, -0.25) is 14.9 Å². The van der Waals surface area contributed by atoms with Gasteiger partial charge in [-0.2, -0.15) is 0 Å². The molecule has 26 heavy (non-hydrogen) atoms. The fourth-order valence-corrected chi connectivity index (χ4v) is 3.03. The number of nitrogens with zero attached hydrogens (tertiary/aromatic N) is 3. The van der Waals surface area contributed by atoms with Crippen LogP contribution in [0.5, 0.6) is 5.75 Å².